The molecule has 0 heteroatoms. The van der Waals surface area contributed by atoms with Crippen molar-refractivity contribution in [3.05, 3.63) is 82.9 Å². The van der Waals surface area contributed by atoms with Crippen LogP contribution in [0.2, 0.25) is 0 Å². The minimum atomic E-state index is 0.957. The fraction of sp³-hybridized carbons (Fsp3) is 0.467. The maximum Gasteiger partial charge on any atom is 0.0249 e. The van der Waals surface area contributed by atoms with Crippen LogP contribution in [0.15, 0.2) is 60.7 Å². The molecule has 0 amide bonds. The van der Waals surface area contributed by atoms with E-state index >= 15 is 0 Å². The average molecular weight is 399 g/mol. The SMILES string of the molecule is CC/C=C/CCCCc1ccc(C#Cc2ccc(CCC3CCCCC3)cc2)cc1. The molecule has 0 bridgehead atoms. The van der Waals surface area contributed by atoms with Crippen molar-refractivity contribution < 1.29 is 0 Å². The third-order valence-corrected chi connectivity index (χ3v) is 6.31. The zero-order valence-electron chi connectivity index (χ0n) is 18.8. The van der Waals surface area contributed by atoms with Crippen molar-refractivity contribution in [1.82, 2.24) is 0 Å². The molecule has 3 rings (SSSR count). The first kappa shape index (κ1) is 22.4. The molecular weight excluding hydrogens is 360 g/mol. The number of hydrogen-bond donors (Lipinski definition) is 0. The van der Waals surface area contributed by atoms with E-state index in [-0.39, 0.29) is 0 Å². The molecule has 0 unspecified atom stereocenters. The van der Waals surface area contributed by atoms with E-state index in [1.165, 1.54) is 75.3 Å². The quantitative estimate of drug-likeness (QED) is 0.226. The number of benzene rings is 2. The average Bonchev–Trinajstić information content (AvgIpc) is 2.81. The smallest absolute Gasteiger partial charge is 0.0249 e. The van der Waals surface area contributed by atoms with E-state index < -0.39 is 0 Å². The second kappa shape index (κ2) is 13.1. The lowest BCUT2D eigenvalue weighted by atomic mass is 9.85. The van der Waals surface area contributed by atoms with E-state index in [1.54, 1.807) is 0 Å². The molecule has 0 heterocycles. The molecule has 1 aliphatic rings. The highest BCUT2D eigenvalue weighted by Gasteiger charge is 2.12. The van der Waals surface area contributed by atoms with E-state index in [9.17, 15) is 0 Å². The summed E-state index contributed by atoms with van der Waals surface area (Å²) in [5.41, 5.74) is 5.09. The van der Waals surface area contributed by atoms with Crippen molar-refractivity contribution in [3.8, 4) is 11.8 Å². The van der Waals surface area contributed by atoms with Gasteiger partial charge < -0.3 is 0 Å². The van der Waals surface area contributed by atoms with E-state index in [4.69, 9.17) is 0 Å². The first-order valence-corrected chi connectivity index (χ1v) is 12.2. The van der Waals surface area contributed by atoms with Crippen LogP contribution in [0.1, 0.15) is 93.4 Å². The van der Waals surface area contributed by atoms with Crippen LogP contribution in [0.4, 0.5) is 0 Å². The van der Waals surface area contributed by atoms with Gasteiger partial charge in [-0.25, -0.2) is 0 Å². The molecule has 2 aromatic carbocycles. The molecule has 0 radical (unpaired) electrons. The zero-order valence-corrected chi connectivity index (χ0v) is 18.8. The third kappa shape index (κ3) is 8.23. The summed E-state index contributed by atoms with van der Waals surface area (Å²) in [4.78, 5) is 0. The Kier molecular flexibility index (Phi) is 9.81. The lowest BCUT2D eigenvalue weighted by Gasteiger charge is -2.21. The highest BCUT2D eigenvalue weighted by Crippen LogP contribution is 2.27. The van der Waals surface area contributed by atoms with Crippen molar-refractivity contribution in [2.45, 2.75) is 84.0 Å². The van der Waals surface area contributed by atoms with Gasteiger partial charge in [-0.1, -0.05) is 87.3 Å². The van der Waals surface area contributed by atoms with Crippen LogP contribution in [0.5, 0.6) is 0 Å². The zero-order chi connectivity index (χ0) is 20.9. The highest BCUT2D eigenvalue weighted by molar-refractivity contribution is 5.44. The van der Waals surface area contributed by atoms with Gasteiger partial charge in [-0.05, 0) is 86.3 Å². The molecule has 1 saturated carbocycles. The maximum absolute atomic E-state index is 3.33. The van der Waals surface area contributed by atoms with Crippen LogP contribution in [0, 0.1) is 17.8 Å². The topological polar surface area (TPSA) is 0 Å². The summed E-state index contributed by atoms with van der Waals surface area (Å²) in [7, 11) is 0. The van der Waals surface area contributed by atoms with Gasteiger partial charge in [0.25, 0.3) is 0 Å². The summed E-state index contributed by atoms with van der Waals surface area (Å²) in [5, 5.41) is 0. The summed E-state index contributed by atoms with van der Waals surface area (Å²) in [6.07, 6.45) is 20.4. The van der Waals surface area contributed by atoms with Gasteiger partial charge in [0.2, 0.25) is 0 Å². The summed E-state index contributed by atoms with van der Waals surface area (Å²) in [6.45, 7) is 2.19. The van der Waals surface area contributed by atoms with E-state index in [1.807, 2.05) is 0 Å². The maximum atomic E-state index is 3.33. The van der Waals surface area contributed by atoms with Gasteiger partial charge in [-0.2, -0.15) is 0 Å². The Labute approximate surface area is 184 Å². The summed E-state index contributed by atoms with van der Waals surface area (Å²) in [6, 6.07) is 17.7. The number of allylic oxidation sites excluding steroid dienone is 2. The summed E-state index contributed by atoms with van der Waals surface area (Å²) >= 11 is 0. The predicted octanol–water partition coefficient (Wildman–Crippen LogP) is 8.28. The van der Waals surface area contributed by atoms with Gasteiger partial charge >= 0.3 is 0 Å². The van der Waals surface area contributed by atoms with Gasteiger partial charge in [-0.3, -0.25) is 0 Å². The minimum Gasteiger partial charge on any atom is -0.0888 e. The Hall–Kier alpha value is -2.26. The van der Waals surface area contributed by atoms with Crippen molar-refractivity contribution in [3.63, 3.8) is 0 Å². The molecule has 158 valence electrons. The number of unbranched alkanes of at least 4 members (excludes halogenated alkanes) is 2. The Morgan fingerprint density at radius 1 is 0.733 bits per heavy atom. The Morgan fingerprint density at radius 2 is 1.33 bits per heavy atom. The number of hydrogen-bond acceptors (Lipinski definition) is 0. The Morgan fingerprint density at radius 3 is 1.93 bits per heavy atom. The number of rotatable bonds is 9. The molecular formula is C30H38. The summed E-state index contributed by atoms with van der Waals surface area (Å²) in [5.74, 6) is 7.61. The molecule has 0 nitrogen and oxygen atoms in total. The Balaban J connectivity index is 1.42. The first-order chi connectivity index (χ1) is 14.8. The fourth-order valence-corrected chi connectivity index (χ4v) is 4.38. The molecule has 0 spiro atoms. The van der Waals surface area contributed by atoms with Crippen LogP contribution in [0.25, 0.3) is 0 Å². The molecule has 1 aliphatic carbocycles. The van der Waals surface area contributed by atoms with Gasteiger partial charge in [0.15, 0.2) is 0 Å². The number of aryl methyl sites for hydroxylation is 2. The molecule has 0 N–H and O–H groups in total. The van der Waals surface area contributed by atoms with E-state index in [2.05, 4.69) is 79.4 Å². The van der Waals surface area contributed by atoms with Crippen LogP contribution < -0.4 is 0 Å². The van der Waals surface area contributed by atoms with Gasteiger partial charge in [-0.15, -0.1) is 0 Å². The largest absolute Gasteiger partial charge is 0.0888 e. The van der Waals surface area contributed by atoms with E-state index in [0.717, 1.165) is 29.9 Å². The molecule has 0 aliphatic heterocycles. The fourth-order valence-electron chi connectivity index (χ4n) is 4.38. The highest BCUT2D eigenvalue weighted by atomic mass is 14.2. The molecule has 30 heavy (non-hydrogen) atoms. The van der Waals surface area contributed by atoms with E-state index in [0.29, 0.717) is 0 Å². The molecule has 2 aromatic rings. The lowest BCUT2D eigenvalue weighted by molar-refractivity contribution is 0.339. The monoisotopic (exact) mass is 398 g/mol. The molecule has 0 saturated heterocycles. The molecule has 0 atom stereocenters. The van der Waals surface area contributed by atoms with Gasteiger partial charge in [0, 0.05) is 11.1 Å². The van der Waals surface area contributed by atoms with Crippen molar-refractivity contribution in [1.29, 1.82) is 0 Å². The van der Waals surface area contributed by atoms with Crippen LogP contribution >= 0.6 is 0 Å². The standard InChI is InChI=1S/C30H38/c1-2-3-4-5-6-8-13-27-15-18-29(19-16-27)22-25-30-23-20-28(21-24-30)17-14-26-11-9-7-10-12-26/h3-4,15-16,18-21,23-24,26H,2,5-14,17H2,1H3/b4-3+. The van der Waals surface area contributed by atoms with Crippen molar-refractivity contribution in [2.75, 3.05) is 0 Å². The summed E-state index contributed by atoms with van der Waals surface area (Å²) < 4.78 is 0. The predicted molar refractivity (Wildman–Crippen MR) is 131 cm³/mol. The van der Waals surface area contributed by atoms with Gasteiger partial charge in [0.05, 0.1) is 0 Å². The third-order valence-electron chi connectivity index (χ3n) is 6.31. The van der Waals surface area contributed by atoms with Crippen LogP contribution in [-0.4, -0.2) is 0 Å². The molecule has 1 fully saturated rings. The first-order valence-electron chi connectivity index (χ1n) is 12.2. The minimum absolute atomic E-state index is 0.957. The van der Waals surface area contributed by atoms with Crippen molar-refractivity contribution in [2.24, 2.45) is 5.92 Å². The Bertz CT molecular complexity index is 805. The second-order valence-electron chi connectivity index (χ2n) is 8.81. The van der Waals surface area contributed by atoms with Crippen molar-refractivity contribution >= 4 is 0 Å². The molecule has 0 aromatic heterocycles. The normalized spacial score (nSPS) is 14.6. The van der Waals surface area contributed by atoms with Gasteiger partial charge in [0.1, 0.15) is 0 Å². The second-order valence-corrected chi connectivity index (χ2v) is 8.81. The lowest BCUT2D eigenvalue weighted by Crippen LogP contribution is -2.07. The van der Waals surface area contributed by atoms with Crippen LogP contribution in [0.3, 0.4) is 0 Å². The van der Waals surface area contributed by atoms with Crippen LogP contribution in [-0.2, 0) is 12.8 Å².